The number of fused-ring (bicyclic) bond motifs is 1. The Balaban J connectivity index is 1.85. The lowest BCUT2D eigenvalue weighted by Crippen LogP contribution is -2.38. The van der Waals surface area contributed by atoms with Gasteiger partial charge in [0.25, 0.3) is 11.5 Å². The van der Waals surface area contributed by atoms with Crippen LogP contribution in [0.1, 0.15) is 10.6 Å². The van der Waals surface area contributed by atoms with Gasteiger partial charge in [-0.3, -0.25) is 4.79 Å². The van der Waals surface area contributed by atoms with Crippen LogP contribution in [-0.2, 0) is 17.8 Å². The van der Waals surface area contributed by atoms with Crippen LogP contribution in [0.2, 0.25) is 0 Å². The molecule has 3 nitrogen and oxygen atoms in total. The molecule has 0 N–H and O–H groups in total. The first-order valence-corrected chi connectivity index (χ1v) is 7.51. The van der Waals surface area contributed by atoms with Gasteiger partial charge in [-0.25, -0.2) is 9.37 Å². The maximum absolute atomic E-state index is 12.9. The molecule has 1 aromatic carbocycles. The van der Waals surface area contributed by atoms with E-state index >= 15 is 0 Å². The van der Waals surface area contributed by atoms with E-state index in [4.69, 9.17) is 11.6 Å². The smallest absolute Gasteiger partial charge is 0.273 e. The molecule has 2 heterocycles. The summed E-state index contributed by atoms with van der Waals surface area (Å²) in [5.74, 6) is -0.660. The van der Waals surface area contributed by atoms with Gasteiger partial charge in [0.05, 0.1) is 12.2 Å². The summed E-state index contributed by atoms with van der Waals surface area (Å²) in [4.78, 5) is 18.7. The highest BCUT2D eigenvalue weighted by molar-refractivity contribution is 7.15. The highest BCUT2D eigenvalue weighted by Gasteiger charge is 2.27. The van der Waals surface area contributed by atoms with Crippen LogP contribution in [0.4, 0.5) is 4.39 Å². The lowest BCUT2D eigenvalue weighted by atomic mass is 10.2. The molecule has 1 aliphatic rings. The highest BCUT2D eigenvalue weighted by atomic mass is 35.5. The minimum atomic E-state index is -1.96. The molecule has 2 aromatic rings. The van der Waals surface area contributed by atoms with Gasteiger partial charge in [-0.05, 0) is 0 Å². The van der Waals surface area contributed by atoms with Gasteiger partial charge >= 0.3 is 0 Å². The first-order valence-electron chi connectivity index (χ1n) is 6.26. The molecule has 3 rings (SSSR count). The third-order valence-electron chi connectivity index (χ3n) is 3.25. The van der Waals surface area contributed by atoms with Crippen molar-refractivity contribution < 1.29 is 9.18 Å². The Morgan fingerprint density at radius 1 is 1.40 bits per heavy atom. The summed E-state index contributed by atoms with van der Waals surface area (Å²) in [5.41, 5.74) is 0.103. The largest absolute Gasteiger partial charge is 0.333 e. The van der Waals surface area contributed by atoms with Crippen molar-refractivity contribution in [3.8, 4) is 10.6 Å². The number of benzene rings is 1. The Morgan fingerprint density at radius 2 is 2.15 bits per heavy atom. The number of rotatable bonds is 2. The summed E-state index contributed by atoms with van der Waals surface area (Å²) in [6.07, 6.45) is 0.647. The molecule has 1 aromatic heterocycles. The number of carbonyl (C=O) groups excluding carboxylic acids is 1. The van der Waals surface area contributed by atoms with E-state index in [-0.39, 0.29) is 0 Å². The maximum atomic E-state index is 12.9. The fourth-order valence-corrected chi connectivity index (χ4v) is 3.49. The topological polar surface area (TPSA) is 33.2 Å². The second-order valence-corrected chi connectivity index (χ2v) is 6.03. The number of nitrogens with zero attached hydrogens (tertiary/aromatic N) is 2. The zero-order chi connectivity index (χ0) is 14.1. The van der Waals surface area contributed by atoms with Gasteiger partial charge in [0.1, 0.15) is 5.01 Å². The van der Waals surface area contributed by atoms with E-state index in [2.05, 4.69) is 4.98 Å². The molecule has 20 heavy (non-hydrogen) atoms. The van der Waals surface area contributed by atoms with Gasteiger partial charge < -0.3 is 4.90 Å². The lowest BCUT2D eigenvalue weighted by Gasteiger charge is -2.25. The first kappa shape index (κ1) is 13.5. The Morgan fingerprint density at radius 3 is 2.85 bits per heavy atom. The molecule has 0 spiro atoms. The summed E-state index contributed by atoms with van der Waals surface area (Å²) in [6.45, 7) is 0.864. The van der Waals surface area contributed by atoms with Crippen LogP contribution in [0.15, 0.2) is 30.3 Å². The molecule has 1 unspecified atom stereocenters. The number of amides is 1. The standard InChI is InChI=1S/C14H12ClFN2OS/c15-12(16)14(19)18-7-6-10-11(8-18)20-13(17-10)9-4-2-1-3-5-9/h1-5,12H,6-8H2. The number of aromatic nitrogens is 1. The van der Waals surface area contributed by atoms with Crippen molar-refractivity contribution in [2.24, 2.45) is 0 Å². The predicted molar refractivity (Wildman–Crippen MR) is 77.4 cm³/mol. The summed E-state index contributed by atoms with van der Waals surface area (Å²) >= 11 is 6.77. The SMILES string of the molecule is O=C(C(F)Cl)N1CCc2nc(-c3ccccc3)sc2C1. The molecule has 0 radical (unpaired) electrons. The fraction of sp³-hybridized carbons (Fsp3) is 0.286. The Hall–Kier alpha value is -1.46. The number of hydrogen-bond acceptors (Lipinski definition) is 3. The molecule has 0 saturated heterocycles. The number of carbonyl (C=O) groups is 1. The molecular formula is C14H12ClFN2OS. The average Bonchev–Trinajstić information content (AvgIpc) is 2.90. The average molecular weight is 311 g/mol. The molecule has 1 atom stereocenters. The Kier molecular flexibility index (Phi) is 3.72. The van der Waals surface area contributed by atoms with Crippen LogP contribution in [0.3, 0.4) is 0 Å². The molecule has 0 saturated carbocycles. The van der Waals surface area contributed by atoms with E-state index in [1.54, 1.807) is 11.3 Å². The maximum Gasteiger partial charge on any atom is 0.273 e. The summed E-state index contributed by atoms with van der Waals surface area (Å²) in [6, 6.07) is 9.89. The fourth-order valence-electron chi connectivity index (χ4n) is 2.23. The van der Waals surface area contributed by atoms with Gasteiger partial charge in [0.15, 0.2) is 0 Å². The van der Waals surface area contributed by atoms with Gasteiger partial charge in [-0.15, -0.1) is 11.3 Å². The van der Waals surface area contributed by atoms with Crippen LogP contribution in [-0.4, -0.2) is 28.0 Å². The first-order chi connectivity index (χ1) is 9.65. The van der Waals surface area contributed by atoms with Crippen molar-refractivity contribution in [1.82, 2.24) is 9.88 Å². The van der Waals surface area contributed by atoms with E-state index in [0.29, 0.717) is 19.5 Å². The number of hydrogen-bond donors (Lipinski definition) is 0. The van der Waals surface area contributed by atoms with E-state index in [1.165, 1.54) is 4.90 Å². The second-order valence-electron chi connectivity index (χ2n) is 4.57. The van der Waals surface area contributed by atoms with Crippen molar-refractivity contribution in [1.29, 1.82) is 0 Å². The molecule has 0 aliphatic carbocycles. The third kappa shape index (κ3) is 2.55. The molecule has 1 aliphatic heterocycles. The zero-order valence-electron chi connectivity index (χ0n) is 10.6. The van der Waals surface area contributed by atoms with Crippen molar-refractivity contribution in [3.05, 3.63) is 40.9 Å². The molecule has 1 amide bonds. The van der Waals surface area contributed by atoms with E-state index in [1.807, 2.05) is 30.3 Å². The molecular weight excluding hydrogens is 299 g/mol. The summed E-state index contributed by atoms with van der Waals surface area (Å²) in [7, 11) is 0. The van der Waals surface area contributed by atoms with Crippen molar-refractivity contribution in [3.63, 3.8) is 0 Å². The Bertz CT molecular complexity index is 629. The summed E-state index contributed by atoms with van der Waals surface area (Å²) in [5, 5.41) is 0.938. The molecule has 0 bridgehead atoms. The monoisotopic (exact) mass is 310 g/mol. The van der Waals surface area contributed by atoms with Crippen LogP contribution in [0.5, 0.6) is 0 Å². The van der Waals surface area contributed by atoms with Crippen molar-refractivity contribution in [2.45, 2.75) is 18.6 Å². The molecule has 6 heteroatoms. The van der Waals surface area contributed by atoms with Crippen LogP contribution in [0.25, 0.3) is 10.6 Å². The molecule has 104 valence electrons. The number of thiazole rings is 1. The highest BCUT2D eigenvalue weighted by Crippen LogP contribution is 2.31. The van der Waals surface area contributed by atoms with E-state index in [0.717, 1.165) is 21.1 Å². The van der Waals surface area contributed by atoms with Crippen molar-refractivity contribution >= 4 is 28.8 Å². The van der Waals surface area contributed by atoms with Crippen molar-refractivity contribution in [2.75, 3.05) is 6.54 Å². The molecule has 0 fully saturated rings. The number of halogens is 2. The predicted octanol–water partition coefficient (Wildman–Crippen LogP) is 3.23. The van der Waals surface area contributed by atoms with Gasteiger partial charge in [0.2, 0.25) is 0 Å². The second kappa shape index (κ2) is 5.50. The summed E-state index contributed by atoms with van der Waals surface area (Å²) < 4.78 is 12.9. The van der Waals surface area contributed by atoms with Gasteiger partial charge in [0, 0.05) is 23.4 Å². The Labute approximate surface area is 125 Å². The number of alkyl halides is 2. The van der Waals surface area contributed by atoms with Gasteiger partial charge in [-0.1, -0.05) is 41.9 Å². The van der Waals surface area contributed by atoms with Crippen LogP contribution in [0, 0.1) is 0 Å². The third-order valence-corrected chi connectivity index (χ3v) is 4.57. The minimum Gasteiger partial charge on any atom is -0.333 e. The zero-order valence-corrected chi connectivity index (χ0v) is 12.1. The van der Waals surface area contributed by atoms with Gasteiger partial charge in [-0.2, -0.15) is 0 Å². The normalized spacial score (nSPS) is 15.8. The van der Waals surface area contributed by atoms with E-state index in [9.17, 15) is 9.18 Å². The quantitative estimate of drug-likeness (QED) is 0.798. The van der Waals surface area contributed by atoms with Crippen LogP contribution >= 0.6 is 22.9 Å². The van der Waals surface area contributed by atoms with E-state index < -0.39 is 11.5 Å². The lowest BCUT2D eigenvalue weighted by molar-refractivity contribution is -0.134. The van der Waals surface area contributed by atoms with Crippen LogP contribution < -0.4 is 0 Å². The minimum absolute atomic E-state index is 0.395.